The fourth-order valence-corrected chi connectivity index (χ4v) is 6.72. The van der Waals surface area contributed by atoms with E-state index < -0.39 is 15.4 Å². The second kappa shape index (κ2) is 5.27. The number of nitrogens with one attached hydrogen (secondary N) is 1. The maximum atomic E-state index is 12.9. The molecule has 5 nitrogen and oxygen atoms in total. The molecule has 1 aromatic heterocycles. The zero-order chi connectivity index (χ0) is 17.9. The van der Waals surface area contributed by atoms with Gasteiger partial charge < -0.3 is 0 Å². The van der Waals surface area contributed by atoms with Gasteiger partial charge in [0, 0.05) is 18.0 Å². The van der Waals surface area contributed by atoms with Crippen molar-refractivity contribution in [2.45, 2.75) is 33.1 Å². The molecule has 2 aromatic rings. The van der Waals surface area contributed by atoms with Gasteiger partial charge in [-0.25, -0.2) is 8.42 Å². The number of carbonyl (C=O) groups is 1. The van der Waals surface area contributed by atoms with Crippen LogP contribution < -0.4 is 4.72 Å². The van der Waals surface area contributed by atoms with Gasteiger partial charge >= 0.3 is 0 Å². The zero-order valence-corrected chi connectivity index (χ0v) is 15.3. The Balaban J connectivity index is 1.68. The standard InChI is InChI=1S/C19H22N2O3S/c1-18(2)14-8-9-19(18,16(22)11-14)12-25(23,24)21-15-7-3-5-13-6-4-10-20-17(13)15/h3-7,10,14,21H,8-9,11-12H2,1-2H3/t14-,19-/m1/s1. The first kappa shape index (κ1) is 16.5. The van der Waals surface area contributed by atoms with E-state index in [1.165, 1.54) is 0 Å². The number of hydrogen-bond donors (Lipinski definition) is 1. The molecular weight excluding hydrogens is 336 g/mol. The molecule has 1 N–H and O–H groups in total. The Morgan fingerprint density at radius 1 is 1.24 bits per heavy atom. The third-order valence-corrected chi connectivity index (χ3v) is 7.88. The molecule has 2 fully saturated rings. The van der Waals surface area contributed by atoms with Crippen LogP contribution in [0, 0.1) is 16.7 Å². The first-order valence-corrected chi connectivity index (χ1v) is 10.3. The Bertz CT molecular complexity index is 962. The molecule has 2 saturated carbocycles. The summed E-state index contributed by atoms with van der Waals surface area (Å²) in [5.41, 5.74) is 0.0526. The fourth-order valence-electron chi connectivity index (χ4n) is 4.82. The molecule has 25 heavy (non-hydrogen) atoms. The highest BCUT2D eigenvalue weighted by Gasteiger charge is 2.65. The molecule has 1 aromatic carbocycles. The van der Waals surface area contributed by atoms with E-state index in [2.05, 4.69) is 9.71 Å². The van der Waals surface area contributed by atoms with Crippen molar-refractivity contribution < 1.29 is 13.2 Å². The lowest BCUT2D eigenvalue weighted by molar-refractivity contribution is -0.128. The largest absolute Gasteiger partial charge is 0.299 e. The number of hydrogen-bond acceptors (Lipinski definition) is 4. The Kier molecular flexibility index (Phi) is 3.48. The van der Waals surface area contributed by atoms with E-state index in [4.69, 9.17) is 0 Å². The van der Waals surface area contributed by atoms with E-state index in [0.717, 1.165) is 11.8 Å². The van der Waals surface area contributed by atoms with Gasteiger partial charge in [0.25, 0.3) is 0 Å². The summed E-state index contributed by atoms with van der Waals surface area (Å²) in [5, 5.41) is 0.874. The Morgan fingerprint density at radius 3 is 2.68 bits per heavy atom. The van der Waals surface area contributed by atoms with E-state index >= 15 is 0 Å². The van der Waals surface area contributed by atoms with Gasteiger partial charge in [0.1, 0.15) is 5.78 Å². The van der Waals surface area contributed by atoms with Gasteiger partial charge in [-0.3, -0.25) is 14.5 Å². The molecule has 0 amide bonds. The van der Waals surface area contributed by atoms with Gasteiger partial charge in [-0.15, -0.1) is 0 Å². The average Bonchev–Trinajstić information content (AvgIpc) is 2.88. The van der Waals surface area contributed by atoms with Crippen LogP contribution in [0.2, 0.25) is 0 Å². The fraction of sp³-hybridized carbons (Fsp3) is 0.474. The lowest BCUT2D eigenvalue weighted by atomic mass is 9.70. The molecule has 0 aliphatic heterocycles. The quantitative estimate of drug-likeness (QED) is 0.909. The number of rotatable bonds is 4. The van der Waals surface area contributed by atoms with Crippen molar-refractivity contribution in [2.75, 3.05) is 10.5 Å². The minimum Gasteiger partial charge on any atom is -0.299 e. The van der Waals surface area contributed by atoms with E-state index in [1.54, 1.807) is 18.3 Å². The number of benzene rings is 1. The number of nitrogens with zero attached hydrogens (tertiary/aromatic N) is 1. The highest BCUT2D eigenvalue weighted by Crippen LogP contribution is 2.64. The van der Waals surface area contributed by atoms with Crippen LogP contribution in [0.15, 0.2) is 36.5 Å². The predicted octanol–water partition coefficient (Wildman–Crippen LogP) is 3.37. The molecule has 0 spiro atoms. The average molecular weight is 358 g/mol. The van der Waals surface area contributed by atoms with Gasteiger partial charge in [-0.2, -0.15) is 0 Å². The van der Waals surface area contributed by atoms with E-state index in [0.29, 0.717) is 30.0 Å². The minimum atomic E-state index is -3.67. The van der Waals surface area contributed by atoms with E-state index in [9.17, 15) is 13.2 Å². The van der Waals surface area contributed by atoms with Crippen LogP contribution in [0.1, 0.15) is 33.1 Å². The van der Waals surface area contributed by atoms with Crippen molar-refractivity contribution in [1.82, 2.24) is 4.98 Å². The second-order valence-corrected chi connectivity index (χ2v) is 9.63. The Labute approximate surface area is 147 Å². The summed E-state index contributed by atoms with van der Waals surface area (Å²) in [4.78, 5) is 16.9. The van der Waals surface area contributed by atoms with Crippen LogP contribution in [0.3, 0.4) is 0 Å². The number of sulfonamides is 1. The van der Waals surface area contributed by atoms with Crippen LogP contribution in [-0.2, 0) is 14.8 Å². The topological polar surface area (TPSA) is 76.1 Å². The van der Waals surface area contributed by atoms with Crippen LogP contribution in [0.25, 0.3) is 10.9 Å². The number of aromatic nitrogens is 1. The second-order valence-electron chi connectivity index (χ2n) is 7.91. The van der Waals surface area contributed by atoms with Gasteiger partial charge in [0.15, 0.2) is 0 Å². The third-order valence-electron chi connectivity index (χ3n) is 6.47. The minimum absolute atomic E-state index is 0.107. The first-order chi connectivity index (χ1) is 11.8. The number of pyridine rings is 1. The molecular formula is C19H22N2O3S. The van der Waals surface area contributed by atoms with Crippen LogP contribution in [0.4, 0.5) is 5.69 Å². The lowest BCUT2D eigenvalue weighted by Crippen LogP contribution is -2.43. The van der Waals surface area contributed by atoms with Crippen molar-refractivity contribution in [2.24, 2.45) is 16.7 Å². The molecule has 2 aliphatic carbocycles. The van der Waals surface area contributed by atoms with Crippen LogP contribution >= 0.6 is 0 Å². The smallest absolute Gasteiger partial charge is 0.233 e. The van der Waals surface area contributed by atoms with E-state index in [-0.39, 0.29) is 17.0 Å². The number of carbonyl (C=O) groups excluding carboxylic acids is 1. The molecule has 4 rings (SSSR count). The molecule has 0 saturated heterocycles. The third kappa shape index (κ3) is 2.38. The lowest BCUT2D eigenvalue weighted by Gasteiger charge is -2.36. The van der Waals surface area contributed by atoms with Gasteiger partial charge in [0.2, 0.25) is 10.0 Å². The van der Waals surface area contributed by atoms with E-state index in [1.807, 2.05) is 32.0 Å². The summed E-state index contributed by atoms with van der Waals surface area (Å²) in [6.07, 6.45) is 3.75. The highest BCUT2D eigenvalue weighted by molar-refractivity contribution is 7.92. The Hall–Kier alpha value is -1.95. The van der Waals surface area contributed by atoms with Crippen molar-refractivity contribution in [1.29, 1.82) is 0 Å². The summed E-state index contributed by atoms with van der Waals surface area (Å²) in [6, 6.07) is 9.12. The molecule has 0 unspecified atom stereocenters. The normalized spacial score (nSPS) is 27.8. The summed E-state index contributed by atoms with van der Waals surface area (Å²) in [5.74, 6) is 0.260. The first-order valence-electron chi connectivity index (χ1n) is 8.63. The monoisotopic (exact) mass is 358 g/mol. The molecule has 0 radical (unpaired) electrons. The number of ketones is 1. The molecule has 2 aliphatic rings. The summed E-state index contributed by atoms with van der Waals surface area (Å²) in [6.45, 7) is 4.09. The number of Topliss-reactive ketones (excluding diaryl/α,β-unsaturated/α-hetero) is 1. The maximum Gasteiger partial charge on any atom is 0.233 e. The molecule has 1 heterocycles. The van der Waals surface area contributed by atoms with Crippen molar-refractivity contribution in [3.8, 4) is 0 Å². The summed E-state index contributed by atoms with van der Waals surface area (Å²) >= 11 is 0. The number of para-hydroxylation sites is 1. The molecule has 2 atom stereocenters. The maximum absolute atomic E-state index is 12.9. The van der Waals surface area contributed by atoms with Gasteiger partial charge in [0.05, 0.1) is 22.4 Å². The van der Waals surface area contributed by atoms with Crippen molar-refractivity contribution in [3.63, 3.8) is 0 Å². The molecule has 132 valence electrons. The summed E-state index contributed by atoms with van der Waals surface area (Å²) < 4.78 is 28.5. The Morgan fingerprint density at radius 2 is 2.00 bits per heavy atom. The van der Waals surface area contributed by atoms with Crippen LogP contribution in [-0.4, -0.2) is 24.9 Å². The van der Waals surface area contributed by atoms with Gasteiger partial charge in [-0.05, 0) is 36.3 Å². The molecule has 2 bridgehead atoms. The SMILES string of the molecule is CC1(C)[C@@H]2CC[C@@]1(CS(=O)(=O)Nc1cccc3cccnc13)C(=O)C2. The number of anilines is 1. The molecule has 6 heteroatoms. The number of fused-ring (bicyclic) bond motifs is 3. The van der Waals surface area contributed by atoms with Crippen molar-refractivity contribution >= 4 is 32.4 Å². The highest BCUT2D eigenvalue weighted by atomic mass is 32.2. The zero-order valence-electron chi connectivity index (χ0n) is 14.5. The summed E-state index contributed by atoms with van der Waals surface area (Å²) in [7, 11) is -3.67. The van der Waals surface area contributed by atoms with Crippen molar-refractivity contribution in [3.05, 3.63) is 36.5 Å². The predicted molar refractivity (Wildman–Crippen MR) is 97.7 cm³/mol. The van der Waals surface area contributed by atoms with Crippen LogP contribution in [0.5, 0.6) is 0 Å². The van der Waals surface area contributed by atoms with Gasteiger partial charge in [-0.1, -0.05) is 32.0 Å².